The normalized spacial score (nSPS) is 41.1. The number of likely N-dealkylation sites (tertiary alicyclic amines) is 1. The molecule has 4 unspecified atom stereocenters. The molecule has 0 bridgehead atoms. The molecule has 2 aliphatic heterocycles. The fraction of sp³-hybridized carbons (Fsp3) is 1.00. The maximum atomic E-state index is 5.93. The van der Waals surface area contributed by atoms with Crippen LogP contribution in [0.4, 0.5) is 0 Å². The van der Waals surface area contributed by atoms with Crippen molar-refractivity contribution in [1.82, 2.24) is 10.2 Å². The van der Waals surface area contributed by atoms with Crippen molar-refractivity contribution in [3.63, 3.8) is 0 Å². The fourth-order valence-corrected chi connectivity index (χ4v) is 4.06. The summed E-state index contributed by atoms with van der Waals surface area (Å²) in [6.07, 6.45) is 7.63. The largest absolute Gasteiger partial charge is 0.374 e. The van der Waals surface area contributed by atoms with Crippen LogP contribution in [0.15, 0.2) is 0 Å². The molecule has 98 valence electrons. The van der Waals surface area contributed by atoms with Gasteiger partial charge in [-0.2, -0.15) is 0 Å². The highest BCUT2D eigenvalue weighted by Crippen LogP contribution is 2.37. The van der Waals surface area contributed by atoms with Gasteiger partial charge in [-0.25, -0.2) is 0 Å². The summed E-state index contributed by atoms with van der Waals surface area (Å²) in [6.45, 7) is 6.62. The first kappa shape index (κ1) is 11.9. The predicted molar refractivity (Wildman–Crippen MR) is 69.1 cm³/mol. The van der Waals surface area contributed by atoms with E-state index in [0.29, 0.717) is 12.1 Å². The molecule has 0 spiro atoms. The Labute approximate surface area is 105 Å². The first-order valence-electron chi connectivity index (χ1n) is 7.44. The van der Waals surface area contributed by atoms with Gasteiger partial charge in [-0.3, -0.25) is 4.90 Å². The zero-order valence-corrected chi connectivity index (χ0v) is 11.0. The molecular formula is C14H26N2O. The van der Waals surface area contributed by atoms with Gasteiger partial charge in [0.15, 0.2) is 0 Å². The lowest BCUT2D eigenvalue weighted by Gasteiger charge is -2.40. The van der Waals surface area contributed by atoms with Gasteiger partial charge in [-0.15, -0.1) is 0 Å². The molecular weight excluding hydrogens is 212 g/mol. The summed E-state index contributed by atoms with van der Waals surface area (Å²) in [4.78, 5) is 2.75. The third kappa shape index (κ3) is 2.38. The summed E-state index contributed by atoms with van der Waals surface area (Å²) in [5.74, 6) is 0.989. The summed E-state index contributed by atoms with van der Waals surface area (Å²) < 4.78 is 5.93. The molecule has 0 amide bonds. The van der Waals surface area contributed by atoms with Crippen molar-refractivity contribution in [2.45, 2.75) is 57.2 Å². The quantitative estimate of drug-likeness (QED) is 0.791. The van der Waals surface area contributed by atoms with E-state index in [4.69, 9.17) is 4.74 Å². The van der Waals surface area contributed by atoms with Gasteiger partial charge in [0, 0.05) is 25.2 Å². The van der Waals surface area contributed by atoms with Crippen molar-refractivity contribution >= 4 is 0 Å². The van der Waals surface area contributed by atoms with E-state index in [0.717, 1.165) is 31.7 Å². The summed E-state index contributed by atoms with van der Waals surface area (Å²) in [5, 5.41) is 3.46. The van der Waals surface area contributed by atoms with E-state index in [2.05, 4.69) is 17.1 Å². The number of nitrogens with one attached hydrogen (secondary N) is 1. The molecule has 3 aliphatic rings. The molecule has 2 saturated heterocycles. The minimum atomic E-state index is 0.407. The number of hydrogen-bond donors (Lipinski definition) is 1. The van der Waals surface area contributed by atoms with Gasteiger partial charge in [-0.05, 0) is 38.6 Å². The van der Waals surface area contributed by atoms with Gasteiger partial charge >= 0.3 is 0 Å². The Kier molecular flexibility index (Phi) is 3.69. The predicted octanol–water partition coefficient (Wildman–Crippen LogP) is 1.63. The van der Waals surface area contributed by atoms with Crippen molar-refractivity contribution < 1.29 is 4.74 Å². The maximum absolute atomic E-state index is 5.93. The molecule has 4 atom stereocenters. The summed E-state index contributed by atoms with van der Waals surface area (Å²) in [7, 11) is 0. The topological polar surface area (TPSA) is 24.5 Å². The Hall–Kier alpha value is -0.120. The van der Waals surface area contributed by atoms with Crippen LogP contribution in [0.3, 0.4) is 0 Å². The van der Waals surface area contributed by atoms with Crippen molar-refractivity contribution in [2.75, 3.05) is 26.2 Å². The van der Waals surface area contributed by atoms with Gasteiger partial charge in [0.05, 0.1) is 12.7 Å². The second kappa shape index (κ2) is 5.25. The standard InChI is InChI=1S/C14H26N2O/c1-11(14-10-15-7-9-17-14)16-8-6-12-4-2-3-5-13(12)16/h11-15H,2-10H2,1H3. The lowest BCUT2D eigenvalue weighted by Crippen LogP contribution is -2.53. The van der Waals surface area contributed by atoms with Crippen LogP contribution in [0, 0.1) is 5.92 Å². The first-order chi connectivity index (χ1) is 8.36. The molecule has 1 saturated carbocycles. The number of rotatable bonds is 2. The molecule has 0 aromatic carbocycles. The van der Waals surface area contributed by atoms with E-state index in [1.165, 1.54) is 38.6 Å². The summed E-state index contributed by atoms with van der Waals surface area (Å²) in [5.41, 5.74) is 0. The second-order valence-electron chi connectivity index (χ2n) is 5.99. The van der Waals surface area contributed by atoms with Crippen molar-refractivity contribution in [2.24, 2.45) is 5.92 Å². The molecule has 0 radical (unpaired) electrons. The van der Waals surface area contributed by atoms with Gasteiger partial charge in [-0.1, -0.05) is 12.8 Å². The van der Waals surface area contributed by atoms with Crippen molar-refractivity contribution in [1.29, 1.82) is 0 Å². The smallest absolute Gasteiger partial charge is 0.0852 e. The molecule has 3 heteroatoms. The van der Waals surface area contributed by atoms with Gasteiger partial charge in [0.2, 0.25) is 0 Å². The van der Waals surface area contributed by atoms with E-state index in [-0.39, 0.29) is 0 Å². The van der Waals surface area contributed by atoms with Crippen LogP contribution < -0.4 is 5.32 Å². The van der Waals surface area contributed by atoms with Crippen LogP contribution in [0.1, 0.15) is 39.0 Å². The van der Waals surface area contributed by atoms with E-state index < -0.39 is 0 Å². The van der Waals surface area contributed by atoms with E-state index >= 15 is 0 Å². The van der Waals surface area contributed by atoms with Gasteiger partial charge < -0.3 is 10.1 Å². The number of fused-ring (bicyclic) bond motifs is 1. The zero-order chi connectivity index (χ0) is 11.7. The monoisotopic (exact) mass is 238 g/mol. The molecule has 3 fully saturated rings. The average molecular weight is 238 g/mol. The van der Waals surface area contributed by atoms with Gasteiger partial charge in [0.25, 0.3) is 0 Å². The maximum Gasteiger partial charge on any atom is 0.0852 e. The van der Waals surface area contributed by atoms with E-state index in [9.17, 15) is 0 Å². The Morgan fingerprint density at radius 3 is 2.94 bits per heavy atom. The Balaban J connectivity index is 1.62. The molecule has 3 rings (SSSR count). The van der Waals surface area contributed by atoms with Crippen LogP contribution in [0.2, 0.25) is 0 Å². The third-order valence-corrected chi connectivity index (χ3v) is 5.07. The Bertz CT molecular complexity index is 253. The minimum Gasteiger partial charge on any atom is -0.374 e. The first-order valence-corrected chi connectivity index (χ1v) is 7.44. The third-order valence-electron chi connectivity index (χ3n) is 5.07. The Morgan fingerprint density at radius 2 is 2.12 bits per heavy atom. The van der Waals surface area contributed by atoms with Crippen LogP contribution in [-0.4, -0.2) is 49.3 Å². The highest BCUT2D eigenvalue weighted by molar-refractivity contribution is 4.94. The van der Waals surface area contributed by atoms with Crippen molar-refractivity contribution in [3.8, 4) is 0 Å². The fourth-order valence-electron chi connectivity index (χ4n) is 4.06. The summed E-state index contributed by atoms with van der Waals surface area (Å²) >= 11 is 0. The van der Waals surface area contributed by atoms with Crippen LogP contribution >= 0.6 is 0 Å². The SMILES string of the molecule is CC(C1CNCCO1)N1CCC2CCCCC21. The van der Waals surface area contributed by atoms with E-state index in [1.807, 2.05) is 0 Å². The zero-order valence-electron chi connectivity index (χ0n) is 11.0. The molecule has 17 heavy (non-hydrogen) atoms. The average Bonchev–Trinajstić information content (AvgIpc) is 2.83. The number of ether oxygens (including phenoxy) is 1. The number of morpholine rings is 1. The molecule has 2 heterocycles. The van der Waals surface area contributed by atoms with Gasteiger partial charge in [0.1, 0.15) is 0 Å². The molecule has 0 aromatic heterocycles. The number of hydrogen-bond acceptors (Lipinski definition) is 3. The Morgan fingerprint density at radius 1 is 1.24 bits per heavy atom. The molecule has 0 aromatic rings. The summed E-state index contributed by atoms with van der Waals surface area (Å²) in [6, 6.07) is 1.46. The molecule has 1 N–H and O–H groups in total. The van der Waals surface area contributed by atoms with Crippen LogP contribution in [0.5, 0.6) is 0 Å². The molecule has 3 nitrogen and oxygen atoms in total. The van der Waals surface area contributed by atoms with Crippen LogP contribution in [-0.2, 0) is 4.74 Å². The lowest BCUT2D eigenvalue weighted by molar-refractivity contribution is -0.0340. The highest BCUT2D eigenvalue weighted by Gasteiger charge is 2.40. The lowest BCUT2D eigenvalue weighted by atomic mass is 9.85. The molecule has 1 aliphatic carbocycles. The van der Waals surface area contributed by atoms with Crippen molar-refractivity contribution in [3.05, 3.63) is 0 Å². The van der Waals surface area contributed by atoms with Crippen LogP contribution in [0.25, 0.3) is 0 Å². The number of nitrogens with zero attached hydrogens (tertiary/aromatic N) is 1. The van der Waals surface area contributed by atoms with E-state index in [1.54, 1.807) is 0 Å². The minimum absolute atomic E-state index is 0.407. The second-order valence-corrected chi connectivity index (χ2v) is 5.99. The highest BCUT2D eigenvalue weighted by atomic mass is 16.5.